The maximum Gasteiger partial charge on any atom is 0.149 e. The number of benzene rings is 7. The molecule has 3 aromatic heterocycles. The van der Waals surface area contributed by atoms with Gasteiger partial charge in [0.05, 0.1) is 28.1 Å². The van der Waals surface area contributed by atoms with E-state index in [9.17, 15) is 4.39 Å². The number of aromatic nitrogens is 2. The molecule has 5 nitrogen and oxygen atoms in total. The highest BCUT2D eigenvalue weighted by Gasteiger charge is 2.30. The molecule has 0 radical (unpaired) electrons. The van der Waals surface area contributed by atoms with Crippen LogP contribution >= 0.6 is 11.3 Å². The number of hydrogen-bond donors (Lipinski definition) is 0. The number of pyridine rings is 1. The Bertz CT molecular complexity index is 3160. The number of para-hydroxylation sites is 3. The zero-order chi connectivity index (χ0) is 37.3. The largest absolute Gasteiger partial charge is 0.457 e. The van der Waals surface area contributed by atoms with Gasteiger partial charge in [-0.25, -0.2) is 13.8 Å². The highest BCUT2D eigenvalue weighted by Crippen LogP contribution is 2.48. The number of fused-ring (bicyclic) bond motifs is 7. The maximum absolute atomic E-state index is 15.3. The van der Waals surface area contributed by atoms with Crippen molar-refractivity contribution in [3.8, 4) is 28.4 Å². The summed E-state index contributed by atoms with van der Waals surface area (Å²) in [6.45, 7) is 0.314. The van der Waals surface area contributed by atoms with Gasteiger partial charge in [0, 0.05) is 61.0 Å². The molecule has 11 rings (SSSR count). The Labute approximate surface area is 324 Å². The molecule has 8 heteroatoms. The first-order valence-corrected chi connectivity index (χ1v) is 19.2. The van der Waals surface area contributed by atoms with Gasteiger partial charge in [-0.2, -0.15) is 0 Å². The van der Waals surface area contributed by atoms with Crippen LogP contribution < -0.4 is 14.5 Å². The third-order valence-corrected chi connectivity index (χ3v) is 11.8. The third kappa shape index (κ3) is 5.21. The Hall–Kier alpha value is -7.03. The standard InChI is InChI=1S/C48H30F2N4OS/c49-31-19-22-42(40(50)26-31)53-29-52(43-15-4-5-16-44(43)53)32-24-30(35-12-9-13-39-38-11-2-6-17-46(38)56-48(35)39)25-34(27-32)55-33-20-21-37-36-10-1-3-14-41(36)54(45(37)28-33)47-18-7-8-23-51-47/h1-28H,29H2. The van der Waals surface area contributed by atoms with Crippen LogP contribution in [0.4, 0.5) is 31.5 Å². The molecule has 10 aromatic rings. The summed E-state index contributed by atoms with van der Waals surface area (Å²) in [6, 6.07) is 53.4. The van der Waals surface area contributed by atoms with Gasteiger partial charge in [-0.3, -0.25) is 4.57 Å². The number of hydrogen-bond acceptors (Lipinski definition) is 5. The Kier molecular flexibility index (Phi) is 7.40. The molecule has 0 saturated heterocycles. The minimum absolute atomic E-state index is 0.306. The number of nitrogens with zero attached hydrogens (tertiary/aromatic N) is 4. The fourth-order valence-electron chi connectivity index (χ4n) is 8.15. The van der Waals surface area contributed by atoms with E-state index in [2.05, 4.69) is 94.4 Å². The van der Waals surface area contributed by atoms with Crippen LogP contribution in [0.5, 0.6) is 11.5 Å². The van der Waals surface area contributed by atoms with Gasteiger partial charge in [0.1, 0.15) is 35.6 Å². The van der Waals surface area contributed by atoms with Gasteiger partial charge >= 0.3 is 0 Å². The Morgan fingerprint density at radius 3 is 2.18 bits per heavy atom. The summed E-state index contributed by atoms with van der Waals surface area (Å²) in [6.07, 6.45) is 1.81. The van der Waals surface area contributed by atoms with Gasteiger partial charge in [0.15, 0.2) is 0 Å². The van der Waals surface area contributed by atoms with Crippen LogP contribution in [-0.2, 0) is 0 Å². The van der Waals surface area contributed by atoms with Crippen molar-refractivity contribution in [2.45, 2.75) is 0 Å². The molecule has 1 aliphatic rings. The second kappa shape index (κ2) is 12.8. The van der Waals surface area contributed by atoms with Gasteiger partial charge in [-0.1, -0.05) is 72.8 Å². The van der Waals surface area contributed by atoms with Crippen LogP contribution in [0, 0.1) is 11.6 Å². The van der Waals surface area contributed by atoms with Gasteiger partial charge in [0.25, 0.3) is 0 Å². The highest BCUT2D eigenvalue weighted by atomic mass is 32.1. The second-order valence-corrected chi connectivity index (χ2v) is 15.0. The summed E-state index contributed by atoms with van der Waals surface area (Å²) in [7, 11) is 0. The van der Waals surface area contributed by atoms with Crippen LogP contribution in [0.2, 0.25) is 0 Å². The van der Waals surface area contributed by atoms with Gasteiger partial charge in [0.2, 0.25) is 0 Å². The molecular formula is C48H30F2N4OS. The number of halogens is 2. The van der Waals surface area contributed by atoms with E-state index in [0.29, 0.717) is 23.9 Å². The fraction of sp³-hybridized carbons (Fsp3) is 0.0208. The molecular weight excluding hydrogens is 719 g/mol. The normalized spacial score (nSPS) is 12.7. The average molecular weight is 749 g/mol. The second-order valence-electron chi connectivity index (χ2n) is 13.9. The molecule has 0 spiro atoms. The quantitative estimate of drug-likeness (QED) is 0.170. The van der Waals surface area contributed by atoms with Crippen molar-refractivity contribution in [1.29, 1.82) is 0 Å². The van der Waals surface area contributed by atoms with Crippen molar-refractivity contribution in [1.82, 2.24) is 9.55 Å². The zero-order valence-electron chi connectivity index (χ0n) is 29.7. The van der Waals surface area contributed by atoms with Crippen LogP contribution in [0.15, 0.2) is 170 Å². The summed E-state index contributed by atoms with van der Waals surface area (Å²) in [5.74, 6) is 0.928. The van der Waals surface area contributed by atoms with Crippen molar-refractivity contribution in [2.75, 3.05) is 16.5 Å². The molecule has 7 aromatic carbocycles. The van der Waals surface area contributed by atoms with E-state index in [1.165, 1.54) is 32.3 Å². The first-order chi connectivity index (χ1) is 27.6. The molecule has 1 aliphatic heterocycles. The Morgan fingerprint density at radius 1 is 0.554 bits per heavy atom. The predicted octanol–water partition coefficient (Wildman–Crippen LogP) is 13.5. The summed E-state index contributed by atoms with van der Waals surface area (Å²) < 4.78 is 40.8. The van der Waals surface area contributed by atoms with Crippen LogP contribution in [0.25, 0.3) is 58.9 Å². The average Bonchev–Trinajstić information content (AvgIpc) is 3.91. The third-order valence-electron chi connectivity index (χ3n) is 10.6. The van der Waals surface area contributed by atoms with Gasteiger partial charge in [-0.15, -0.1) is 11.3 Å². The first-order valence-electron chi connectivity index (χ1n) is 18.3. The summed E-state index contributed by atoms with van der Waals surface area (Å²) in [5, 5.41) is 4.67. The number of anilines is 4. The SMILES string of the molecule is Fc1ccc(N2CN(c3cc(Oc4ccc5c6ccccc6n(-c6ccccn6)c5c4)cc(-c4cccc5c4sc4ccccc45)c3)c3ccccc32)c(F)c1. The molecule has 0 unspecified atom stereocenters. The van der Waals surface area contributed by atoms with Crippen molar-refractivity contribution >= 4 is 76.1 Å². The van der Waals surface area contributed by atoms with Crippen LogP contribution in [0.1, 0.15) is 0 Å². The molecule has 0 atom stereocenters. The van der Waals surface area contributed by atoms with E-state index in [1.54, 1.807) is 11.3 Å². The molecule has 268 valence electrons. The molecule has 0 amide bonds. The molecule has 4 heterocycles. The molecule has 0 N–H and O–H groups in total. The van der Waals surface area contributed by atoms with Gasteiger partial charge < -0.3 is 14.5 Å². The lowest BCUT2D eigenvalue weighted by Gasteiger charge is -2.23. The lowest BCUT2D eigenvalue weighted by Crippen LogP contribution is -2.24. The lowest BCUT2D eigenvalue weighted by molar-refractivity contribution is 0.483. The zero-order valence-corrected chi connectivity index (χ0v) is 30.6. The van der Waals surface area contributed by atoms with Crippen LogP contribution in [0.3, 0.4) is 0 Å². The molecule has 0 bridgehead atoms. The van der Waals surface area contributed by atoms with E-state index in [1.807, 2.05) is 71.8 Å². The molecule has 0 saturated carbocycles. The maximum atomic E-state index is 15.3. The van der Waals surface area contributed by atoms with E-state index in [0.717, 1.165) is 61.9 Å². The minimum Gasteiger partial charge on any atom is -0.457 e. The Morgan fingerprint density at radius 2 is 1.32 bits per heavy atom. The van der Waals surface area contributed by atoms with Gasteiger partial charge in [-0.05, 0) is 83.9 Å². The summed E-state index contributed by atoms with van der Waals surface area (Å²) >= 11 is 1.78. The fourth-order valence-corrected chi connectivity index (χ4v) is 9.39. The summed E-state index contributed by atoms with van der Waals surface area (Å²) in [4.78, 5) is 8.74. The smallest absolute Gasteiger partial charge is 0.149 e. The molecule has 0 fully saturated rings. The molecule has 56 heavy (non-hydrogen) atoms. The number of ether oxygens (including phenoxy) is 1. The summed E-state index contributed by atoms with van der Waals surface area (Å²) in [5.41, 5.74) is 7.04. The molecule has 0 aliphatic carbocycles. The first kappa shape index (κ1) is 32.4. The monoisotopic (exact) mass is 748 g/mol. The van der Waals surface area contributed by atoms with E-state index in [4.69, 9.17) is 9.72 Å². The van der Waals surface area contributed by atoms with Crippen molar-refractivity contribution < 1.29 is 13.5 Å². The minimum atomic E-state index is -0.616. The van der Waals surface area contributed by atoms with E-state index < -0.39 is 11.6 Å². The van der Waals surface area contributed by atoms with Crippen LogP contribution in [-0.4, -0.2) is 16.2 Å². The lowest BCUT2D eigenvalue weighted by atomic mass is 10.0. The topological polar surface area (TPSA) is 33.5 Å². The Balaban J connectivity index is 1.08. The number of thiophene rings is 1. The van der Waals surface area contributed by atoms with Crippen molar-refractivity contribution in [3.63, 3.8) is 0 Å². The van der Waals surface area contributed by atoms with E-state index in [-0.39, 0.29) is 0 Å². The van der Waals surface area contributed by atoms with Crippen molar-refractivity contribution in [2.24, 2.45) is 0 Å². The van der Waals surface area contributed by atoms with E-state index >= 15 is 4.39 Å². The number of rotatable bonds is 6. The van der Waals surface area contributed by atoms with Crippen molar-refractivity contribution in [3.05, 3.63) is 182 Å². The highest BCUT2D eigenvalue weighted by molar-refractivity contribution is 7.26. The predicted molar refractivity (Wildman–Crippen MR) is 225 cm³/mol.